The van der Waals surface area contributed by atoms with Crippen LogP contribution in [0.4, 0.5) is 0 Å². The molecule has 0 bridgehead atoms. The van der Waals surface area contributed by atoms with Gasteiger partial charge in [-0.15, -0.1) is 4.70 Å². The average molecular weight is 151 g/mol. The second-order valence-electron chi connectivity index (χ2n) is 3.72. The van der Waals surface area contributed by atoms with Crippen molar-refractivity contribution in [3.63, 3.8) is 0 Å². The maximum absolute atomic E-state index is 4.37. The highest BCUT2D eigenvalue weighted by atomic mass is 15.3. The molecule has 2 heterocycles. The van der Waals surface area contributed by atoms with Crippen LogP contribution in [0.3, 0.4) is 0 Å². The van der Waals surface area contributed by atoms with Gasteiger partial charge in [-0.25, -0.2) is 0 Å². The van der Waals surface area contributed by atoms with Crippen LogP contribution in [0.15, 0.2) is 16.9 Å². The van der Waals surface area contributed by atoms with Crippen molar-refractivity contribution in [1.82, 2.24) is 0 Å². The molecule has 2 aliphatic rings. The third-order valence-corrected chi connectivity index (χ3v) is 2.63. The fraction of sp³-hybridized carbons (Fsp3) is 0.778. The van der Waals surface area contributed by atoms with Crippen LogP contribution in [0, 0.1) is 5.92 Å². The highest BCUT2D eigenvalue weighted by Gasteiger charge is 2.37. The Bertz CT molecular complexity index is 226. The van der Waals surface area contributed by atoms with Crippen molar-refractivity contribution in [2.75, 3.05) is 6.54 Å². The number of rotatable bonds is 1. The molecule has 0 spiro atoms. The van der Waals surface area contributed by atoms with Crippen LogP contribution in [0.2, 0.25) is 0 Å². The van der Waals surface area contributed by atoms with Gasteiger partial charge in [0.2, 0.25) is 6.04 Å². The summed E-state index contributed by atoms with van der Waals surface area (Å²) in [4.78, 5) is 0. The lowest BCUT2D eigenvalue weighted by atomic mass is 9.96. The zero-order valence-electron chi connectivity index (χ0n) is 7.25. The molecule has 2 aliphatic heterocycles. The molecule has 0 aliphatic carbocycles. The van der Waals surface area contributed by atoms with E-state index < -0.39 is 0 Å². The molecule has 2 rings (SSSR count). The monoisotopic (exact) mass is 151 g/mol. The first-order valence-corrected chi connectivity index (χ1v) is 4.46. The highest BCUT2D eigenvalue weighted by Crippen LogP contribution is 2.29. The minimum atomic E-state index is 0.662. The van der Waals surface area contributed by atoms with E-state index in [4.69, 9.17) is 0 Å². The van der Waals surface area contributed by atoms with Crippen molar-refractivity contribution in [3.8, 4) is 0 Å². The van der Waals surface area contributed by atoms with Crippen LogP contribution >= 0.6 is 0 Å². The van der Waals surface area contributed by atoms with Crippen LogP contribution in [-0.4, -0.2) is 17.3 Å². The molecule has 2 nitrogen and oxygen atoms in total. The predicted octanol–water partition coefficient (Wildman–Crippen LogP) is 2.17. The molecule has 0 aromatic heterocycles. The molecule has 0 amide bonds. The summed E-state index contributed by atoms with van der Waals surface area (Å²) >= 11 is 0. The molecule has 0 radical (unpaired) electrons. The van der Waals surface area contributed by atoms with Gasteiger partial charge in [0.1, 0.15) is 0 Å². The first-order chi connectivity index (χ1) is 5.29. The molecule has 0 N–H and O–H groups in total. The minimum Gasteiger partial charge on any atom is -0.116 e. The Hall–Kier alpha value is -0.660. The predicted molar refractivity (Wildman–Crippen MR) is 43.5 cm³/mol. The first kappa shape index (κ1) is 7.01. The van der Waals surface area contributed by atoms with Gasteiger partial charge in [-0.2, -0.15) is 0 Å². The Morgan fingerprint density at radius 3 is 3.18 bits per heavy atom. The Labute approximate surface area is 67.6 Å². The topological polar surface area (TPSA) is 15.4 Å². The normalized spacial score (nSPS) is 28.8. The van der Waals surface area contributed by atoms with E-state index in [0.717, 1.165) is 6.54 Å². The summed E-state index contributed by atoms with van der Waals surface area (Å²) < 4.78 is 2.23. The molecule has 1 unspecified atom stereocenters. The van der Waals surface area contributed by atoms with Crippen molar-refractivity contribution in [3.05, 3.63) is 11.8 Å². The Kier molecular flexibility index (Phi) is 1.55. The fourth-order valence-corrected chi connectivity index (χ4v) is 1.99. The second kappa shape index (κ2) is 2.43. The van der Waals surface area contributed by atoms with E-state index in [0.29, 0.717) is 12.0 Å². The van der Waals surface area contributed by atoms with E-state index >= 15 is 0 Å². The molecule has 0 saturated carbocycles. The number of hydrogen-bond acceptors (Lipinski definition) is 1. The van der Waals surface area contributed by atoms with Gasteiger partial charge >= 0.3 is 0 Å². The zero-order chi connectivity index (χ0) is 7.84. The van der Waals surface area contributed by atoms with Crippen LogP contribution < -0.4 is 0 Å². The van der Waals surface area contributed by atoms with E-state index in [1.165, 1.54) is 18.4 Å². The van der Waals surface area contributed by atoms with Gasteiger partial charge in [0.25, 0.3) is 0 Å². The van der Waals surface area contributed by atoms with Gasteiger partial charge in [-0.1, -0.05) is 13.8 Å². The van der Waals surface area contributed by atoms with E-state index in [1.54, 1.807) is 0 Å². The van der Waals surface area contributed by atoms with Gasteiger partial charge in [-0.3, -0.25) is 0 Å². The number of fused-ring (bicyclic) bond motifs is 1. The van der Waals surface area contributed by atoms with Crippen LogP contribution in [0.25, 0.3) is 0 Å². The van der Waals surface area contributed by atoms with Gasteiger partial charge < -0.3 is 0 Å². The quantitative estimate of drug-likeness (QED) is 0.510. The maximum atomic E-state index is 4.37. The van der Waals surface area contributed by atoms with Gasteiger partial charge in [0.15, 0.2) is 6.54 Å². The van der Waals surface area contributed by atoms with Crippen molar-refractivity contribution in [1.29, 1.82) is 0 Å². The van der Waals surface area contributed by atoms with Crippen molar-refractivity contribution in [2.45, 2.75) is 32.7 Å². The summed E-state index contributed by atoms with van der Waals surface area (Å²) in [7, 11) is 0. The lowest BCUT2D eigenvalue weighted by Crippen LogP contribution is -2.18. The molecule has 2 heteroatoms. The van der Waals surface area contributed by atoms with Gasteiger partial charge in [-0.05, 0) is 11.0 Å². The van der Waals surface area contributed by atoms with Gasteiger partial charge in [0, 0.05) is 18.4 Å². The first-order valence-electron chi connectivity index (χ1n) is 4.46. The minimum absolute atomic E-state index is 0.662. The molecular formula is C9H15N2+. The van der Waals surface area contributed by atoms with Gasteiger partial charge in [0.05, 0.1) is 6.20 Å². The summed E-state index contributed by atoms with van der Waals surface area (Å²) in [5.74, 6) is 0.673. The van der Waals surface area contributed by atoms with E-state index in [-0.39, 0.29) is 0 Å². The average Bonchev–Trinajstić information content (AvgIpc) is 2.41. The summed E-state index contributed by atoms with van der Waals surface area (Å²) in [5, 5.41) is 4.37. The molecule has 0 aromatic carbocycles. The SMILES string of the molecule is CC(C)C1=CN=[N+]2CCCC12. The van der Waals surface area contributed by atoms with E-state index in [9.17, 15) is 0 Å². The summed E-state index contributed by atoms with van der Waals surface area (Å²) in [5.41, 5.74) is 1.53. The number of azo groups is 2. The summed E-state index contributed by atoms with van der Waals surface area (Å²) in [6.07, 6.45) is 4.69. The third-order valence-electron chi connectivity index (χ3n) is 2.63. The largest absolute Gasteiger partial charge is 0.202 e. The van der Waals surface area contributed by atoms with Crippen molar-refractivity contribution in [2.24, 2.45) is 11.0 Å². The van der Waals surface area contributed by atoms with Crippen molar-refractivity contribution < 1.29 is 4.70 Å². The number of nitrogens with zero attached hydrogens (tertiary/aromatic N) is 2. The number of hydrogen-bond donors (Lipinski definition) is 0. The third kappa shape index (κ3) is 1.01. The molecule has 60 valence electrons. The highest BCUT2D eigenvalue weighted by molar-refractivity contribution is 5.12. The lowest BCUT2D eigenvalue weighted by Gasteiger charge is -2.07. The van der Waals surface area contributed by atoms with Crippen LogP contribution in [-0.2, 0) is 0 Å². The summed E-state index contributed by atoms with van der Waals surface area (Å²) in [6, 6.07) is 0.662. The molecule has 1 fully saturated rings. The maximum Gasteiger partial charge on any atom is 0.202 e. The van der Waals surface area contributed by atoms with E-state index in [2.05, 4.69) is 29.9 Å². The lowest BCUT2D eigenvalue weighted by molar-refractivity contribution is -0.591. The smallest absolute Gasteiger partial charge is 0.116 e. The standard InChI is InChI=1S/C9H15N2/c1-7(2)8-6-10-11-5-3-4-9(8)11/h6-7,9H,3-5H2,1-2H3/q+1. The van der Waals surface area contributed by atoms with E-state index in [1.807, 2.05) is 0 Å². The fourth-order valence-electron chi connectivity index (χ4n) is 1.99. The Morgan fingerprint density at radius 1 is 1.64 bits per heavy atom. The molecule has 1 atom stereocenters. The van der Waals surface area contributed by atoms with Crippen molar-refractivity contribution >= 4 is 0 Å². The second-order valence-corrected chi connectivity index (χ2v) is 3.72. The Morgan fingerprint density at radius 2 is 2.45 bits per heavy atom. The summed E-state index contributed by atoms with van der Waals surface area (Å²) in [6.45, 7) is 5.67. The Balaban J connectivity index is 2.18. The molecule has 0 aromatic rings. The zero-order valence-corrected chi connectivity index (χ0v) is 7.25. The molecular weight excluding hydrogens is 136 g/mol. The van der Waals surface area contributed by atoms with Crippen LogP contribution in [0.5, 0.6) is 0 Å². The molecule has 1 saturated heterocycles. The molecule has 11 heavy (non-hydrogen) atoms. The van der Waals surface area contributed by atoms with Crippen LogP contribution in [0.1, 0.15) is 26.7 Å².